The third-order valence-electron chi connectivity index (χ3n) is 5.10. The molecule has 0 atom stereocenters. The lowest BCUT2D eigenvalue weighted by molar-refractivity contribution is -0.722. The van der Waals surface area contributed by atoms with E-state index in [1.54, 1.807) is 30.5 Å². The lowest BCUT2D eigenvalue weighted by atomic mass is 10.1. The van der Waals surface area contributed by atoms with Gasteiger partial charge in [-0.25, -0.2) is 4.98 Å². The van der Waals surface area contributed by atoms with Crippen molar-refractivity contribution >= 4 is 35.2 Å². The number of nitrogens with zero attached hydrogens (tertiary/aromatic N) is 4. The molecule has 152 valence electrons. The molecule has 1 amide bonds. The monoisotopic (exact) mass is 416 g/mol. The summed E-state index contributed by atoms with van der Waals surface area (Å²) in [6, 6.07) is 6.86. The molecule has 1 aromatic carbocycles. The van der Waals surface area contributed by atoms with Crippen molar-refractivity contribution < 1.29 is 19.6 Å². The summed E-state index contributed by atoms with van der Waals surface area (Å²) in [5.41, 5.74) is 1.69. The maximum atomic E-state index is 12.8. The van der Waals surface area contributed by atoms with Crippen LogP contribution in [0, 0.1) is 5.21 Å². The molecule has 9 heteroatoms. The first-order valence-corrected chi connectivity index (χ1v) is 9.90. The van der Waals surface area contributed by atoms with Gasteiger partial charge in [0.1, 0.15) is 6.61 Å². The number of anilines is 2. The minimum atomic E-state index is -0.284. The molecular weight excluding hydrogens is 396 g/mol. The zero-order chi connectivity index (χ0) is 20.4. The molecule has 0 unspecified atom stereocenters. The third-order valence-corrected chi connectivity index (χ3v) is 5.42. The summed E-state index contributed by atoms with van der Waals surface area (Å²) >= 11 is 6.24. The van der Waals surface area contributed by atoms with Gasteiger partial charge in [0.2, 0.25) is 6.21 Å². The molecule has 0 saturated carbocycles. The molecule has 8 nitrogen and oxygen atoms in total. The van der Waals surface area contributed by atoms with Crippen LogP contribution >= 0.6 is 11.6 Å². The van der Waals surface area contributed by atoms with E-state index >= 15 is 0 Å². The van der Waals surface area contributed by atoms with Crippen LogP contribution in [0.25, 0.3) is 0 Å². The molecule has 1 N–H and O–H groups in total. The molecule has 0 radical (unpaired) electrons. The van der Waals surface area contributed by atoms with Gasteiger partial charge in [0, 0.05) is 29.9 Å². The Bertz CT molecular complexity index is 955. The Labute approximate surface area is 173 Å². The van der Waals surface area contributed by atoms with Crippen molar-refractivity contribution in [1.29, 1.82) is 0 Å². The second kappa shape index (κ2) is 8.16. The summed E-state index contributed by atoms with van der Waals surface area (Å²) in [7, 11) is 0. The Balaban J connectivity index is 1.61. The van der Waals surface area contributed by atoms with Crippen LogP contribution in [0.1, 0.15) is 35.2 Å². The van der Waals surface area contributed by atoms with Gasteiger partial charge < -0.3 is 19.7 Å². The molecule has 1 saturated heterocycles. The van der Waals surface area contributed by atoms with Gasteiger partial charge in [-0.1, -0.05) is 11.6 Å². The van der Waals surface area contributed by atoms with E-state index in [1.165, 1.54) is 0 Å². The Morgan fingerprint density at radius 2 is 2.03 bits per heavy atom. The van der Waals surface area contributed by atoms with E-state index in [-0.39, 0.29) is 10.8 Å². The van der Waals surface area contributed by atoms with E-state index in [2.05, 4.69) is 4.98 Å². The van der Waals surface area contributed by atoms with E-state index in [9.17, 15) is 10.0 Å². The number of likely N-dealkylation sites (tertiary alicyclic amines) is 1. The number of piperidine rings is 1. The fraction of sp³-hybridized carbons (Fsp3) is 0.350. The number of fused-ring (bicyclic) bond motifs is 1. The van der Waals surface area contributed by atoms with Crippen molar-refractivity contribution in [3.05, 3.63) is 51.8 Å². The number of halogens is 1. The minimum Gasteiger partial charge on any atom is -0.488 e. The highest BCUT2D eigenvalue weighted by atomic mass is 35.5. The summed E-state index contributed by atoms with van der Waals surface area (Å²) < 4.78 is 5.76. The van der Waals surface area contributed by atoms with Crippen molar-refractivity contribution in [1.82, 2.24) is 9.88 Å². The molecule has 1 aromatic heterocycles. The maximum absolute atomic E-state index is 12.8. The standard InChI is InChI=1S/C20H21ClN4O4/c21-17-11-16(5-4-14(17)13-25(27)28)24-8-9-29-18-10-15(12-22-19(18)24)20(26)23-6-2-1-3-7-23/h4-5,10-13H,1-3,6-9H2,(H,27,28). The number of pyridine rings is 1. The summed E-state index contributed by atoms with van der Waals surface area (Å²) in [5, 5.41) is 20.0. The first-order valence-electron chi connectivity index (χ1n) is 9.52. The van der Waals surface area contributed by atoms with Crippen LogP contribution in [0.15, 0.2) is 30.5 Å². The van der Waals surface area contributed by atoms with E-state index in [0.29, 0.717) is 40.9 Å². The molecule has 0 spiro atoms. The van der Waals surface area contributed by atoms with Crippen LogP contribution in [0.2, 0.25) is 5.02 Å². The number of rotatable bonds is 3. The van der Waals surface area contributed by atoms with Crippen molar-refractivity contribution in [3.8, 4) is 5.75 Å². The fourth-order valence-electron chi connectivity index (χ4n) is 3.65. The number of carbonyl (C=O) groups excluding carboxylic acids is 1. The van der Waals surface area contributed by atoms with Gasteiger partial charge in [0.25, 0.3) is 5.91 Å². The fourth-order valence-corrected chi connectivity index (χ4v) is 3.88. The smallest absolute Gasteiger partial charge is 0.255 e. The van der Waals surface area contributed by atoms with Crippen molar-refractivity contribution in [2.75, 3.05) is 31.1 Å². The summed E-state index contributed by atoms with van der Waals surface area (Å²) in [6.45, 7) is 2.55. The highest BCUT2D eigenvalue weighted by molar-refractivity contribution is 6.33. The van der Waals surface area contributed by atoms with Crippen LogP contribution in [-0.4, -0.2) is 58.4 Å². The van der Waals surface area contributed by atoms with E-state index in [4.69, 9.17) is 21.5 Å². The normalized spacial score (nSPS) is 16.9. The van der Waals surface area contributed by atoms with Gasteiger partial charge in [-0.05, 0) is 43.5 Å². The van der Waals surface area contributed by atoms with Crippen molar-refractivity contribution in [3.63, 3.8) is 0 Å². The van der Waals surface area contributed by atoms with E-state index in [1.807, 2.05) is 9.80 Å². The Morgan fingerprint density at radius 3 is 2.76 bits per heavy atom. The zero-order valence-corrected chi connectivity index (χ0v) is 16.5. The largest absolute Gasteiger partial charge is 0.488 e. The van der Waals surface area contributed by atoms with Gasteiger partial charge in [-0.2, -0.15) is 0 Å². The summed E-state index contributed by atoms with van der Waals surface area (Å²) in [6.07, 6.45) is 5.79. The molecule has 1 fully saturated rings. The lowest BCUT2D eigenvalue weighted by Crippen LogP contribution is -2.36. The third kappa shape index (κ3) is 4.07. The SMILES string of the molecule is O=C(c1cnc2c(c1)OCCN2c1ccc(/C=[N+](\[O-])O)c(Cl)c1)N1CCCCC1. The number of benzene rings is 1. The topological polar surface area (TPSA) is 92.0 Å². The van der Waals surface area contributed by atoms with Gasteiger partial charge in [0.05, 0.1) is 22.7 Å². The molecule has 2 aliphatic rings. The van der Waals surface area contributed by atoms with Crippen LogP contribution in [0.5, 0.6) is 5.75 Å². The number of aromatic nitrogens is 1. The molecule has 2 aliphatic heterocycles. The van der Waals surface area contributed by atoms with Gasteiger partial charge in [0.15, 0.2) is 11.6 Å². The average molecular weight is 417 g/mol. The number of hydrogen-bond donors (Lipinski definition) is 1. The van der Waals surface area contributed by atoms with Crippen molar-refractivity contribution in [2.24, 2.45) is 0 Å². The lowest BCUT2D eigenvalue weighted by Gasteiger charge is -2.31. The minimum absolute atomic E-state index is 0.0187. The van der Waals surface area contributed by atoms with E-state index < -0.39 is 0 Å². The van der Waals surface area contributed by atoms with Crippen LogP contribution < -0.4 is 9.64 Å². The molecule has 29 heavy (non-hydrogen) atoms. The number of hydrogen-bond acceptors (Lipinski definition) is 6. The summed E-state index contributed by atoms with van der Waals surface area (Å²) in [5.74, 6) is 1.13. The average Bonchev–Trinajstić information content (AvgIpc) is 2.74. The van der Waals surface area contributed by atoms with Gasteiger partial charge in [-0.3, -0.25) is 10.0 Å². The zero-order valence-electron chi connectivity index (χ0n) is 15.8. The summed E-state index contributed by atoms with van der Waals surface area (Å²) in [4.78, 5) is 20.8. The van der Waals surface area contributed by atoms with Gasteiger partial charge >= 0.3 is 0 Å². The first kappa shape index (κ1) is 19.3. The Hall–Kier alpha value is -3.00. The predicted molar refractivity (Wildman–Crippen MR) is 109 cm³/mol. The van der Waals surface area contributed by atoms with Gasteiger partial charge in [-0.15, -0.1) is 0 Å². The van der Waals surface area contributed by atoms with Crippen LogP contribution in [0.3, 0.4) is 0 Å². The first-order chi connectivity index (χ1) is 14.0. The molecule has 4 rings (SSSR count). The van der Waals surface area contributed by atoms with Crippen LogP contribution in [-0.2, 0) is 0 Å². The molecule has 3 heterocycles. The maximum Gasteiger partial charge on any atom is 0.255 e. The molecule has 0 aliphatic carbocycles. The quantitative estimate of drug-likeness (QED) is 0.357. The van der Waals surface area contributed by atoms with Crippen molar-refractivity contribution in [2.45, 2.75) is 19.3 Å². The molecule has 2 aromatic rings. The second-order valence-electron chi connectivity index (χ2n) is 7.04. The number of ether oxygens (including phenoxy) is 1. The predicted octanol–water partition coefficient (Wildman–Crippen LogP) is 3.21. The second-order valence-corrected chi connectivity index (χ2v) is 7.44. The number of amides is 1. The Kier molecular flexibility index (Phi) is 5.44. The van der Waals surface area contributed by atoms with E-state index in [0.717, 1.165) is 44.3 Å². The molecular formula is C20H21ClN4O4. The molecule has 0 bridgehead atoms. The highest BCUT2D eigenvalue weighted by Gasteiger charge is 2.25. The Morgan fingerprint density at radius 1 is 1.24 bits per heavy atom. The van der Waals surface area contributed by atoms with Crippen LogP contribution in [0.4, 0.5) is 11.5 Å². The highest BCUT2D eigenvalue weighted by Crippen LogP contribution is 2.36. The number of carbonyl (C=O) groups is 1.